The third-order valence-corrected chi connectivity index (χ3v) is 6.43. The highest BCUT2D eigenvalue weighted by molar-refractivity contribution is 7.85. The molecule has 2 aliphatic carbocycles. The number of fused-ring (bicyclic) bond motifs is 2. The van der Waals surface area contributed by atoms with Crippen LogP contribution in [0.1, 0.15) is 49.9 Å². The van der Waals surface area contributed by atoms with E-state index in [0.29, 0.717) is 11.8 Å². The summed E-state index contributed by atoms with van der Waals surface area (Å²) >= 11 is 0. The van der Waals surface area contributed by atoms with Crippen LogP contribution in [0.15, 0.2) is 18.2 Å². The minimum absolute atomic E-state index is 0.0447. The fourth-order valence-corrected chi connectivity index (χ4v) is 4.52. The first-order valence-electron chi connectivity index (χ1n) is 10.6. The zero-order valence-corrected chi connectivity index (χ0v) is 19.0. The molecule has 0 aliphatic heterocycles. The summed E-state index contributed by atoms with van der Waals surface area (Å²) in [4.78, 5) is 12.2. The standard InChI is InChI=1S/C21H27F3O8S/c1-12(2)20(30-17-10-13-3-4-14(17)9-13)31-18-11-15(5-6-16(18)32-21(22,23)24)19(25)29-7-8-33(26,27)28/h5-6,11-14,17,20H,3-4,7-10H2,1-2H3,(H,26,27,28). The molecular formula is C21H27F3O8S. The van der Waals surface area contributed by atoms with Gasteiger partial charge in [0, 0.05) is 5.92 Å². The number of esters is 1. The van der Waals surface area contributed by atoms with Crippen molar-refractivity contribution < 1.29 is 49.9 Å². The second-order valence-corrected chi connectivity index (χ2v) is 10.3. The van der Waals surface area contributed by atoms with E-state index in [-0.39, 0.29) is 23.3 Å². The fraction of sp³-hybridized carbons (Fsp3) is 0.667. The molecule has 8 nitrogen and oxygen atoms in total. The number of hydrogen-bond acceptors (Lipinski definition) is 7. The van der Waals surface area contributed by atoms with Gasteiger partial charge in [0.25, 0.3) is 10.1 Å². The Labute approximate surface area is 190 Å². The van der Waals surface area contributed by atoms with Crippen molar-refractivity contribution in [3.8, 4) is 11.5 Å². The lowest BCUT2D eigenvalue weighted by Gasteiger charge is -2.30. The lowest BCUT2D eigenvalue weighted by atomic mass is 9.97. The van der Waals surface area contributed by atoms with Crippen molar-refractivity contribution in [2.75, 3.05) is 12.4 Å². The van der Waals surface area contributed by atoms with Crippen LogP contribution in [-0.4, -0.2) is 50.1 Å². The molecule has 12 heteroatoms. The van der Waals surface area contributed by atoms with E-state index in [1.54, 1.807) is 13.8 Å². The van der Waals surface area contributed by atoms with E-state index in [2.05, 4.69) is 4.74 Å². The van der Waals surface area contributed by atoms with Gasteiger partial charge in [-0.1, -0.05) is 13.8 Å². The Bertz CT molecular complexity index is 947. The first-order chi connectivity index (χ1) is 15.3. The molecule has 2 saturated carbocycles. The first-order valence-corrected chi connectivity index (χ1v) is 12.3. The van der Waals surface area contributed by atoms with Gasteiger partial charge in [-0.25, -0.2) is 4.79 Å². The third kappa shape index (κ3) is 7.47. The number of carbonyl (C=O) groups is 1. The van der Waals surface area contributed by atoms with Gasteiger partial charge in [-0.3, -0.25) is 4.55 Å². The molecule has 0 radical (unpaired) electrons. The Morgan fingerprint density at radius 1 is 1.18 bits per heavy atom. The highest BCUT2D eigenvalue weighted by atomic mass is 32.2. The van der Waals surface area contributed by atoms with E-state index in [0.717, 1.165) is 43.9 Å². The average molecular weight is 497 g/mol. The van der Waals surface area contributed by atoms with E-state index in [1.165, 1.54) is 0 Å². The van der Waals surface area contributed by atoms with Gasteiger partial charge in [0.05, 0.1) is 11.7 Å². The van der Waals surface area contributed by atoms with Crippen LogP contribution in [-0.2, 0) is 19.6 Å². The number of carbonyl (C=O) groups excluding carboxylic acids is 1. The molecule has 0 amide bonds. The van der Waals surface area contributed by atoms with E-state index in [4.69, 9.17) is 18.8 Å². The summed E-state index contributed by atoms with van der Waals surface area (Å²) in [5.41, 5.74) is -0.183. The zero-order chi connectivity index (χ0) is 24.4. The molecule has 186 valence electrons. The lowest BCUT2D eigenvalue weighted by molar-refractivity contribution is -0.275. The molecule has 2 aliphatic rings. The number of alkyl halides is 3. The van der Waals surface area contributed by atoms with Crippen LogP contribution in [0, 0.1) is 17.8 Å². The molecule has 0 spiro atoms. The summed E-state index contributed by atoms with van der Waals surface area (Å²) in [6.07, 6.45) is -1.76. The molecule has 0 heterocycles. The van der Waals surface area contributed by atoms with Gasteiger partial charge in [-0.15, -0.1) is 13.2 Å². The number of ether oxygens (including phenoxy) is 4. The highest BCUT2D eigenvalue weighted by Gasteiger charge is 2.42. The van der Waals surface area contributed by atoms with Crippen LogP contribution in [0.4, 0.5) is 13.2 Å². The summed E-state index contributed by atoms with van der Waals surface area (Å²) in [5.74, 6) is -2.06. The molecule has 4 atom stereocenters. The predicted molar refractivity (Wildman–Crippen MR) is 109 cm³/mol. The zero-order valence-electron chi connectivity index (χ0n) is 18.2. The van der Waals surface area contributed by atoms with Crippen LogP contribution in [0.3, 0.4) is 0 Å². The Morgan fingerprint density at radius 2 is 1.91 bits per heavy atom. The molecule has 2 bridgehead atoms. The minimum Gasteiger partial charge on any atom is -0.461 e. The van der Waals surface area contributed by atoms with Crippen LogP contribution >= 0.6 is 0 Å². The molecule has 33 heavy (non-hydrogen) atoms. The van der Waals surface area contributed by atoms with Gasteiger partial charge in [0.1, 0.15) is 12.4 Å². The summed E-state index contributed by atoms with van der Waals surface area (Å²) in [6.45, 7) is 2.97. The predicted octanol–water partition coefficient (Wildman–Crippen LogP) is 4.20. The molecular weight excluding hydrogens is 469 g/mol. The fourth-order valence-electron chi connectivity index (χ4n) is 4.23. The first kappa shape index (κ1) is 25.6. The average Bonchev–Trinajstić information content (AvgIpc) is 3.29. The Kier molecular flexibility index (Phi) is 7.80. The summed E-state index contributed by atoms with van der Waals surface area (Å²) < 4.78 is 89.7. The maximum atomic E-state index is 12.9. The van der Waals surface area contributed by atoms with Crippen molar-refractivity contribution in [2.45, 2.75) is 58.3 Å². The highest BCUT2D eigenvalue weighted by Crippen LogP contribution is 2.46. The number of halogens is 3. The van der Waals surface area contributed by atoms with Crippen molar-refractivity contribution in [2.24, 2.45) is 17.8 Å². The van der Waals surface area contributed by atoms with E-state index in [9.17, 15) is 26.4 Å². The van der Waals surface area contributed by atoms with Crippen LogP contribution in [0.2, 0.25) is 0 Å². The summed E-state index contributed by atoms with van der Waals surface area (Å²) in [5, 5.41) is 0. The van der Waals surface area contributed by atoms with Crippen molar-refractivity contribution in [1.82, 2.24) is 0 Å². The Morgan fingerprint density at radius 3 is 2.45 bits per heavy atom. The summed E-state index contributed by atoms with van der Waals surface area (Å²) in [6, 6.07) is 2.97. The number of hydrogen-bond donors (Lipinski definition) is 1. The van der Waals surface area contributed by atoms with Crippen LogP contribution < -0.4 is 9.47 Å². The number of benzene rings is 1. The van der Waals surface area contributed by atoms with Crippen molar-refractivity contribution in [3.63, 3.8) is 0 Å². The van der Waals surface area contributed by atoms with E-state index < -0.39 is 46.8 Å². The maximum Gasteiger partial charge on any atom is 0.573 e. The molecule has 1 aromatic rings. The second kappa shape index (κ2) is 10.1. The van der Waals surface area contributed by atoms with E-state index in [1.807, 2.05) is 0 Å². The largest absolute Gasteiger partial charge is 0.573 e. The van der Waals surface area contributed by atoms with Gasteiger partial charge in [-0.05, 0) is 55.7 Å². The van der Waals surface area contributed by atoms with Gasteiger partial charge in [-0.2, -0.15) is 8.42 Å². The van der Waals surface area contributed by atoms with Crippen molar-refractivity contribution in [3.05, 3.63) is 23.8 Å². The monoisotopic (exact) mass is 496 g/mol. The van der Waals surface area contributed by atoms with Crippen molar-refractivity contribution >= 4 is 16.1 Å². The topological polar surface area (TPSA) is 108 Å². The number of rotatable bonds is 10. The van der Waals surface area contributed by atoms with Gasteiger partial charge in [0.15, 0.2) is 11.5 Å². The van der Waals surface area contributed by atoms with Gasteiger partial charge in [0.2, 0.25) is 6.29 Å². The Balaban J connectivity index is 1.78. The molecule has 2 fully saturated rings. The van der Waals surface area contributed by atoms with Crippen LogP contribution in [0.5, 0.6) is 11.5 Å². The van der Waals surface area contributed by atoms with Crippen LogP contribution in [0.25, 0.3) is 0 Å². The Hall–Kier alpha value is -2.05. The maximum absolute atomic E-state index is 12.9. The van der Waals surface area contributed by atoms with Gasteiger partial charge < -0.3 is 18.9 Å². The molecule has 1 aromatic carbocycles. The smallest absolute Gasteiger partial charge is 0.461 e. The summed E-state index contributed by atoms with van der Waals surface area (Å²) in [7, 11) is -4.34. The third-order valence-electron chi connectivity index (χ3n) is 5.75. The quantitative estimate of drug-likeness (QED) is 0.292. The SMILES string of the molecule is CC(C)C(Oc1cc(C(=O)OCCS(=O)(=O)O)ccc1OC(F)(F)F)OC1CC2CCC1C2. The normalized spacial score (nSPS) is 23.5. The molecule has 0 saturated heterocycles. The van der Waals surface area contributed by atoms with Crippen molar-refractivity contribution in [1.29, 1.82) is 0 Å². The molecule has 1 N–H and O–H groups in total. The van der Waals surface area contributed by atoms with Gasteiger partial charge >= 0.3 is 12.3 Å². The molecule has 4 unspecified atom stereocenters. The molecule has 3 rings (SSSR count). The second-order valence-electron chi connectivity index (χ2n) is 8.71. The molecule has 0 aromatic heterocycles. The van der Waals surface area contributed by atoms with E-state index >= 15 is 0 Å². The lowest BCUT2D eigenvalue weighted by Crippen LogP contribution is -2.34. The minimum atomic E-state index is -4.99.